The number of carbonyl (C=O) groups is 1. The Kier molecular flexibility index (Phi) is 2.71. The van der Waals surface area contributed by atoms with Crippen LogP contribution in [0.15, 0.2) is 10.7 Å². The summed E-state index contributed by atoms with van der Waals surface area (Å²) in [7, 11) is 5.02. The Balaban J connectivity index is 2.81. The molecule has 2 aromatic heterocycles. The SMILES string of the molecule is COC(=O)c1cnc2onc(C)c2c1N(C)C. The molecule has 0 aromatic carbocycles. The third-order valence-corrected chi connectivity index (χ3v) is 2.50. The average molecular weight is 235 g/mol. The largest absolute Gasteiger partial charge is 0.465 e. The summed E-state index contributed by atoms with van der Waals surface area (Å²) < 4.78 is 9.80. The van der Waals surface area contributed by atoms with Gasteiger partial charge in [0, 0.05) is 20.3 Å². The predicted molar refractivity (Wildman–Crippen MR) is 62.2 cm³/mol. The first kappa shape index (κ1) is 11.4. The van der Waals surface area contributed by atoms with Crippen molar-refractivity contribution in [3.63, 3.8) is 0 Å². The maximum atomic E-state index is 11.7. The van der Waals surface area contributed by atoms with E-state index in [-0.39, 0.29) is 0 Å². The molecule has 6 heteroatoms. The van der Waals surface area contributed by atoms with Crippen LogP contribution >= 0.6 is 0 Å². The Labute approximate surface area is 98.2 Å². The molecule has 0 aliphatic rings. The van der Waals surface area contributed by atoms with E-state index >= 15 is 0 Å². The standard InChI is InChI=1S/C11H13N3O3/c1-6-8-9(14(2)3)7(11(15)16-4)5-12-10(8)17-13-6/h5H,1-4H3. The van der Waals surface area contributed by atoms with Crippen LogP contribution in [0.5, 0.6) is 0 Å². The highest BCUT2D eigenvalue weighted by Gasteiger charge is 2.21. The van der Waals surface area contributed by atoms with Crippen molar-refractivity contribution in [3.05, 3.63) is 17.5 Å². The summed E-state index contributed by atoms with van der Waals surface area (Å²) >= 11 is 0. The van der Waals surface area contributed by atoms with Crippen molar-refractivity contribution in [1.29, 1.82) is 0 Å². The van der Waals surface area contributed by atoms with E-state index in [1.54, 1.807) is 0 Å². The number of pyridine rings is 1. The van der Waals surface area contributed by atoms with Gasteiger partial charge in [-0.1, -0.05) is 5.16 Å². The molecule has 0 spiro atoms. The quantitative estimate of drug-likeness (QED) is 0.732. The van der Waals surface area contributed by atoms with Gasteiger partial charge in [0.25, 0.3) is 5.71 Å². The molecule has 0 saturated carbocycles. The molecule has 0 fully saturated rings. The highest BCUT2D eigenvalue weighted by Crippen LogP contribution is 2.30. The Morgan fingerprint density at radius 3 is 2.76 bits per heavy atom. The molecule has 0 unspecified atom stereocenters. The molecule has 0 bridgehead atoms. The highest BCUT2D eigenvalue weighted by atomic mass is 16.5. The number of anilines is 1. The van der Waals surface area contributed by atoms with Crippen molar-refractivity contribution < 1.29 is 14.1 Å². The number of carbonyl (C=O) groups excluding carboxylic acids is 1. The van der Waals surface area contributed by atoms with Crippen LogP contribution in [0.2, 0.25) is 0 Å². The van der Waals surface area contributed by atoms with E-state index in [1.807, 2.05) is 25.9 Å². The highest BCUT2D eigenvalue weighted by molar-refractivity contribution is 6.04. The zero-order valence-corrected chi connectivity index (χ0v) is 10.1. The maximum Gasteiger partial charge on any atom is 0.341 e. The summed E-state index contributed by atoms with van der Waals surface area (Å²) in [5.74, 6) is -0.427. The number of rotatable bonds is 2. The van der Waals surface area contributed by atoms with Gasteiger partial charge in [0.15, 0.2) is 0 Å². The van der Waals surface area contributed by atoms with Crippen LogP contribution in [0.4, 0.5) is 5.69 Å². The van der Waals surface area contributed by atoms with Gasteiger partial charge >= 0.3 is 5.97 Å². The second-order valence-corrected chi connectivity index (χ2v) is 3.85. The van der Waals surface area contributed by atoms with Crippen molar-refractivity contribution in [2.75, 3.05) is 26.1 Å². The fourth-order valence-corrected chi connectivity index (χ4v) is 1.76. The lowest BCUT2D eigenvalue weighted by Crippen LogP contribution is -2.15. The van der Waals surface area contributed by atoms with Crippen molar-refractivity contribution in [2.45, 2.75) is 6.92 Å². The van der Waals surface area contributed by atoms with Gasteiger partial charge < -0.3 is 14.2 Å². The molecule has 2 rings (SSSR count). The lowest BCUT2D eigenvalue weighted by atomic mass is 10.1. The summed E-state index contributed by atoms with van der Waals surface area (Å²) in [5, 5.41) is 4.58. The minimum atomic E-state index is -0.427. The third-order valence-electron chi connectivity index (χ3n) is 2.50. The summed E-state index contributed by atoms with van der Waals surface area (Å²) in [6.45, 7) is 1.81. The van der Waals surface area contributed by atoms with Gasteiger partial charge in [0.05, 0.1) is 23.9 Å². The van der Waals surface area contributed by atoms with Gasteiger partial charge in [-0.3, -0.25) is 0 Å². The summed E-state index contributed by atoms with van der Waals surface area (Å²) in [6.07, 6.45) is 1.44. The smallest absolute Gasteiger partial charge is 0.341 e. The molecule has 0 radical (unpaired) electrons. The number of hydrogen-bond donors (Lipinski definition) is 0. The molecular weight excluding hydrogens is 222 g/mol. The molecule has 6 nitrogen and oxygen atoms in total. The van der Waals surface area contributed by atoms with Gasteiger partial charge in [0.1, 0.15) is 5.56 Å². The van der Waals surface area contributed by atoms with E-state index in [9.17, 15) is 4.79 Å². The predicted octanol–water partition coefficient (Wildman–Crippen LogP) is 1.38. The fraction of sp³-hybridized carbons (Fsp3) is 0.364. The number of aryl methyl sites for hydroxylation is 1. The van der Waals surface area contributed by atoms with Crippen LogP contribution in [-0.2, 0) is 4.74 Å². The first-order valence-corrected chi connectivity index (χ1v) is 5.07. The molecule has 17 heavy (non-hydrogen) atoms. The van der Waals surface area contributed by atoms with Gasteiger partial charge in [-0.15, -0.1) is 0 Å². The van der Waals surface area contributed by atoms with E-state index in [1.165, 1.54) is 13.3 Å². The molecule has 2 heterocycles. The van der Waals surface area contributed by atoms with Crippen LogP contribution < -0.4 is 4.90 Å². The maximum absolute atomic E-state index is 11.7. The Morgan fingerprint density at radius 1 is 1.47 bits per heavy atom. The lowest BCUT2D eigenvalue weighted by molar-refractivity contribution is 0.0601. The Hall–Kier alpha value is -2.11. The van der Waals surface area contributed by atoms with Gasteiger partial charge in [-0.2, -0.15) is 0 Å². The van der Waals surface area contributed by atoms with Crippen molar-refractivity contribution in [3.8, 4) is 0 Å². The molecule has 0 aliphatic heterocycles. The first-order valence-electron chi connectivity index (χ1n) is 5.07. The molecule has 2 aromatic rings. The fourth-order valence-electron chi connectivity index (χ4n) is 1.76. The Morgan fingerprint density at radius 2 is 2.18 bits per heavy atom. The minimum absolute atomic E-state index is 0.399. The average Bonchev–Trinajstić information content (AvgIpc) is 2.69. The second kappa shape index (κ2) is 4.04. The number of methoxy groups -OCH3 is 1. The van der Waals surface area contributed by atoms with Crippen molar-refractivity contribution in [1.82, 2.24) is 10.1 Å². The van der Waals surface area contributed by atoms with Crippen molar-refractivity contribution in [2.24, 2.45) is 0 Å². The molecule has 90 valence electrons. The van der Waals surface area contributed by atoms with Gasteiger partial charge in [0.2, 0.25) is 0 Å². The molecule has 0 atom stereocenters. The number of nitrogens with zero attached hydrogens (tertiary/aromatic N) is 3. The number of hydrogen-bond acceptors (Lipinski definition) is 6. The minimum Gasteiger partial charge on any atom is -0.465 e. The third kappa shape index (κ3) is 1.71. The topological polar surface area (TPSA) is 68.5 Å². The van der Waals surface area contributed by atoms with Gasteiger partial charge in [-0.25, -0.2) is 9.78 Å². The van der Waals surface area contributed by atoms with E-state index in [4.69, 9.17) is 9.26 Å². The summed E-state index contributed by atoms with van der Waals surface area (Å²) in [6, 6.07) is 0. The monoisotopic (exact) mass is 235 g/mol. The molecule has 0 amide bonds. The van der Waals surface area contributed by atoms with Crippen LogP contribution in [0.25, 0.3) is 11.1 Å². The van der Waals surface area contributed by atoms with Gasteiger partial charge in [-0.05, 0) is 6.92 Å². The number of fused-ring (bicyclic) bond motifs is 1. The van der Waals surface area contributed by atoms with Crippen molar-refractivity contribution >= 4 is 22.8 Å². The summed E-state index contributed by atoms with van der Waals surface area (Å²) in [4.78, 5) is 17.6. The number of ether oxygens (including phenoxy) is 1. The van der Waals surface area contributed by atoms with Crippen LogP contribution in [0.3, 0.4) is 0 Å². The second-order valence-electron chi connectivity index (χ2n) is 3.85. The first-order chi connectivity index (χ1) is 8.06. The summed E-state index contributed by atoms with van der Waals surface area (Å²) in [5.41, 5.74) is 2.22. The molecular formula is C11H13N3O3. The normalized spacial score (nSPS) is 10.6. The van der Waals surface area contributed by atoms with E-state index < -0.39 is 5.97 Å². The number of esters is 1. The van der Waals surface area contributed by atoms with Crippen LogP contribution in [-0.4, -0.2) is 37.3 Å². The van der Waals surface area contributed by atoms with Crippen LogP contribution in [0, 0.1) is 6.92 Å². The molecule has 0 aliphatic carbocycles. The lowest BCUT2D eigenvalue weighted by Gasteiger charge is -2.16. The Bertz CT molecular complexity index is 575. The molecule has 0 N–H and O–H groups in total. The zero-order chi connectivity index (χ0) is 12.6. The van der Waals surface area contributed by atoms with E-state index in [0.717, 1.165) is 5.39 Å². The van der Waals surface area contributed by atoms with Crippen LogP contribution in [0.1, 0.15) is 16.1 Å². The van der Waals surface area contributed by atoms with E-state index in [0.29, 0.717) is 22.7 Å². The van der Waals surface area contributed by atoms with E-state index in [2.05, 4.69) is 10.1 Å². The molecule has 0 saturated heterocycles. The zero-order valence-electron chi connectivity index (χ0n) is 10.1. The number of aromatic nitrogens is 2.